The SMILES string of the molecule is CN(CCCO)C1CCN(C(=O)c2cc(F)ccc2O)CC1. The second kappa shape index (κ2) is 7.56. The lowest BCUT2D eigenvalue weighted by molar-refractivity contribution is 0.0638. The topological polar surface area (TPSA) is 64.0 Å². The highest BCUT2D eigenvalue weighted by Crippen LogP contribution is 2.23. The van der Waals surface area contributed by atoms with Crippen LogP contribution >= 0.6 is 0 Å². The summed E-state index contributed by atoms with van der Waals surface area (Å²) in [5.74, 6) is -1.04. The maximum atomic E-state index is 13.3. The Bertz CT molecular complexity index is 516. The van der Waals surface area contributed by atoms with Crippen LogP contribution in [0.3, 0.4) is 0 Å². The van der Waals surface area contributed by atoms with E-state index in [1.165, 1.54) is 6.07 Å². The molecule has 1 aromatic rings. The van der Waals surface area contributed by atoms with E-state index in [4.69, 9.17) is 5.11 Å². The van der Waals surface area contributed by atoms with Gasteiger partial charge in [-0.2, -0.15) is 0 Å². The third kappa shape index (κ3) is 3.96. The van der Waals surface area contributed by atoms with Gasteiger partial charge in [-0.05, 0) is 44.5 Å². The van der Waals surface area contributed by atoms with Crippen LogP contribution in [0.25, 0.3) is 0 Å². The summed E-state index contributed by atoms with van der Waals surface area (Å²) in [5.41, 5.74) is 0.0204. The van der Waals surface area contributed by atoms with E-state index in [0.29, 0.717) is 19.1 Å². The number of piperidine rings is 1. The van der Waals surface area contributed by atoms with Crippen LogP contribution in [0.1, 0.15) is 29.6 Å². The largest absolute Gasteiger partial charge is 0.507 e. The van der Waals surface area contributed by atoms with Crippen LogP contribution in [-0.2, 0) is 0 Å². The van der Waals surface area contributed by atoms with Crippen molar-refractivity contribution in [3.8, 4) is 5.75 Å². The molecule has 0 unspecified atom stereocenters. The van der Waals surface area contributed by atoms with Gasteiger partial charge in [0.05, 0.1) is 5.56 Å². The van der Waals surface area contributed by atoms with Crippen molar-refractivity contribution < 1.29 is 19.4 Å². The number of aliphatic hydroxyl groups excluding tert-OH is 1. The number of carbonyl (C=O) groups is 1. The number of phenols is 1. The van der Waals surface area contributed by atoms with Gasteiger partial charge in [-0.1, -0.05) is 0 Å². The van der Waals surface area contributed by atoms with Crippen LogP contribution in [0.2, 0.25) is 0 Å². The Morgan fingerprint density at radius 2 is 2.09 bits per heavy atom. The lowest BCUT2D eigenvalue weighted by atomic mass is 10.0. The van der Waals surface area contributed by atoms with Gasteiger partial charge in [0.1, 0.15) is 11.6 Å². The third-order valence-corrected chi connectivity index (χ3v) is 4.23. The Morgan fingerprint density at radius 3 is 2.73 bits per heavy atom. The van der Waals surface area contributed by atoms with Crippen molar-refractivity contribution in [2.75, 3.05) is 33.3 Å². The molecular formula is C16H23FN2O3. The molecule has 22 heavy (non-hydrogen) atoms. The predicted molar refractivity (Wildman–Crippen MR) is 81.3 cm³/mol. The highest BCUT2D eigenvalue weighted by atomic mass is 19.1. The standard InChI is InChI=1S/C16H23FN2O3/c1-18(7-2-10-20)13-5-8-19(9-6-13)16(22)14-11-12(17)3-4-15(14)21/h3-4,11,13,20-21H,2,5-10H2,1H3. The highest BCUT2D eigenvalue weighted by Gasteiger charge is 2.27. The quantitative estimate of drug-likeness (QED) is 0.864. The second-order valence-corrected chi connectivity index (χ2v) is 5.74. The molecule has 0 aliphatic carbocycles. The fourth-order valence-electron chi connectivity index (χ4n) is 2.86. The first-order valence-electron chi connectivity index (χ1n) is 7.62. The van der Waals surface area contributed by atoms with Gasteiger partial charge < -0.3 is 20.0 Å². The monoisotopic (exact) mass is 310 g/mol. The Hall–Kier alpha value is -1.66. The minimum atomic E-state index is -0.528. The van der Waals surface area contributed by atoms with Crippen molar-refractivity contribution in [2.24, 2.45) is 0 Å². The van der Waals surface area contributed by atoms with Crippen molar-refractivity contribution in [3.63, 3.8) is 0 Å². The molecule has 5 nitrogen and oxygen atoms in total. The third-order valence-electron chi connectivity index (χ3n) is 4.23. The molecule has 1 fully saturated rings. The first kappa shape index (κ1) is 16.7. The number of rotatable bonds is 5. The second-order valence-electron chi connectivity index (χ2n) is 5.74. The van der Waals surface area contributed by atoms with Gasteiger partial charge in [0.25, 0.3) is 5.91 Å². The van der Waals surface area contributed by atoms with Crippen molar-refractivity contribution in [1.29, 1.82) is 0 Å². The molecule has 0 aromatic heterocycles. The van der Waals surface area contributed by atoms with Crippen molar-refractivity contribution in [3.05, 3.63) is 29.6 Å². The molecule has 0 saturated carbocycles. The molecule has 2 rings (SSSR count). The molecule has 1 aromatic carbocycles. The maximum absolute atomic E-state index is 13.3. The molecule has 1 heterocycles. The van der Waals surface area contributed by atoms with E-state index in [-0.39, 0.29) is 23.8 Å². The Labute approximate surface area is 130 Å². The minimum absolute atomic E-state index is 0.0204. The van der Waals surface area contributed by atoms with Gasteiger partial charge in [0.2, 0.25) is 0 Å². The molecule has 0 atom stereocenters. The molecule has 0 radical (unpaired) electrons. The molecule has 1 amide bonds. The summed E-state index contributed by atoms with van der Waals surface area (Å²) in [6, 6.07) is 3.81. The number of halogens is 1. The smallest absolute Gasteiger partial charge is 0.257 e. The molecule has 1 aliphatic rings. The molecule has 2 N–H and O–H groups in total. The number of hydrogen-bond acceptors (Lipinski definition) is 4. The van der Waals surface area contributed by atoms with Gasteiger partial charge in [-0.15, -0.1) is 0 Å². The number of benzene rings is 1. The summed E-state index contributed by atoms with van der Waals surface area (Å²) < 4.78 is 13.3. The van der Waals surface area contributed by atoms with E-state index >= 15 is 0 Å². The molecule has 0 bridgehead atoms. The molecule has 122 valence electrons. The summed E-state index contributed by atoms with van der Waals surface area (Å²) in [6.45, 7) is 2.19. The van der Waals surface area contributed by atoms with E-state index in [0.717, 1.165) is 37.9 Å². The van der Waals surface area contributed by atoms with Crippen LogP contribution in [0.5, 0.6) is 5.75 Å². The van der Waals surface area contributed by atoms with Crippen LogP contribution in [0.4, 0.5) is 4.39 Å². The Balaban J connectivity index is 1.93. The van der Waals surface area contributed by atoms with Gasteiger partial charge in [-0.25, -0.2) is 4.39 Å². The number of phenolic OH excluding ortho intramolecular Hbond substituents is 1. The number of aliphatic hydroxyl groups is 1. The summed E-state index contributed by atoms with van der Waals surface area (Å²) in [4.78, 5) is 16.2. The number of carbonyl (C=O) groups excluding carboxylic acids is 1. The first-order chi connectivity index (χ1) is 10.5. The number of nitrogens with zero attached hydrogens (tertiary/aromatic N) is 2. The van der Waals surface area contributed by atoms with E-state index in [2.05, 4.69) is 4.90 Å². The van der Waals surface area contributed by atoms with Crippen LogP contribution in [0.15, 0.2) is 18.2 Å². The first-order valence-corrected chi connectivity index (χ1v) is 7.62. The zero-order chi connectivity index (χ0) is 16.1. The summed E-state index contributed by atoms with van der Waals surface area (Å²) in [5, 5.41) is 18.6. The number of aromatic hydroxyl groups is 1. The van der Waals surface area contributed by atoms with E-state index < -0.39 is 5.82 Å². The number of likely N-dealkylation sites (tertiary alicyclic amines) is 1. The molecule has 1 aliphatic heterocycles. The Morgan fingerprint density at radius 1 is 1.41 bits per heavy atom. The van der Waals surface area contributed by atoms with Gasteiger partial charge in [0, 0.05) is 32.3 Å². The van der Waals surface area contributed by atoms with Crippen molar-refractivity contribution in [2.45, 2.75) is 25.3 Å². The van der Waals surface area contributed by atoms with Crippen LogP contribution in [0, 0.1) is 5.82 Å². The van der Waals surface area contributed by atoms with Crippen molar-refractivity contribution in [1.82, 2.24) is 9.80 Å². The highest BCUT2D eigenvalue weighted by molar-refractivity contribution is 5.96. The van der Waals surface area contributed by atoms with E-state index in [1.54, 1.807) is 4.90 Å². The summed E-state index contributed by atoms with van der Waals surface area (Å²) in [7, 11) is 2.02. The maximum Gasteiger partial charge on any atom is 0.257 e. The van der Waals surface area contributed by atoms with Crippen molar-refractivity contribution >= 4 is 5.91 Å². The molecule has 0 spiro atoms. The van der Waals surface area contributed by atoms with E-state index in [9.17, 15) is 14.3 Å². The van der Waals surface area contributed by atoms with Gasteiger partial charge >= 0.3 is 0 Å². The zero-order valence-electron chi connectivity index (χ0n) is 12.8. The van der Waals surface area contributed by atoms with Crippen LogP contribution in [-0.4, -0.2) is 65.3 Å². The summed E-state index contributed by atoms with van der Waals surface area (Å²) >= 11 is 0. The number of amides is 1. The molecule has 1 saturated heterocycles. The average Bonchev–Trinajstić information content (AvgIpc) is 2.54. The fraction of sp³-hybridized carbons (Fsp3) is 0.562. The normalized spacial score (nSPS) is 16.3. The minimum Gasteiger partial charge on any atom is -0.507 e. The fourth-order valence-corrected chi connectivity index (χ4v) is 2.86. The lowest BCUT2D eigenvalue weighted by Crippen LogP contribution is -2.45. The lowest BCUT2D eigenvalue weighted by Gasteiger charge is -2.36. The average molecular weight is 310 g/mol. The zero-order valence-corrected chi connectivity index (χ0v) is 12.8. The van der Waals surface area contributed by atoms with Crippen LogP contribution < -0.4 is 0 Å². The van der Waals surface area contributed by atoms with E-state index in [1.807, 2.05) is 7.05 Å². The van der Waals surface area contributed by atoms with Gasteiger partial charge in [-0.3, -0.25) is 4.79 Å². The Kier molecular flexibility index (Phi) is 5.74. The molecule has 6 heteroatoms. The predicted octanol–water partition coefficient (Wildman–Crippen LogP) is 1.45. The molecular weight excluding hydrogens is 287 g/mol. The van der Waals surface area contributed by atoms with Gasteiger partial charge in [0.15, 0.2) is 0 Å². The number of hydrogen-bond donors (Lipinski definition) is 2. The summed E-state index contributed by atoms with van der Waals surface area (Å²) in [6.07, 6.45) is 2.42.